The molecule has 2 aromatic rings. The monoisotopic (exact) mass is 306 g/mol. The molecule has 0 unspecified atom stereocenters. The molecule has 0 fully saturated rings. The first kappa shape index (κ1) is 15.1. The highest BCUT2D eigenvalue weighted by Gasteiger charge is 2.10. The summed E-state index contributed by atoms with van der Waals surface area (Å²) in [6.07, 6.45) is 0. The Morgan fingerprint density at radius 1 is 1.24 bits per heavy atom. The predicted molar refractivity (Wildman–Crippen MR) is 80.0 cm³/mol. The summed E-state index contributed by atoms with van der Waals surface area (Å²) in [5.74, 6) is 1.07. The second-order valence-electron chi connectivity index (χ2n) is 4.21. The molecule has 1 N–H and O–H groups in total. The molecular formula is C15H15ClN2O3. The number of carbonyl (C=O) groups is 1. The maximum absolute atomic E-state index is 12.0. The number of ether oxygens (including phenoxy) is 2. The molecule has 0 bridgehead atoms. The van der Waals surface area contributed by atoms with Crippen LogP contribution in [-0.2, 0) is 6.54 Å². The first-order chi connectivity index (χ1) is 10.1. The van der Waals surface area contributed by atoms with E-state index < -0.39 is 0 Å². The van der Waals surface area contributed by atoms with E-state index in [9.17, 15) is 4.79 Å². The van der Waals surface area contributed by atoms with E-state index in [2.05, 4.69) is 10.3 Å². The van der Waals surface area contributed by atoms with Gasteiger partial charge in [0, 0.05) is 12.1 Å². The van der Waals surface area contributed by atoms with Crippen molar-refractivity contribution in [2.24, 2.45) is 0 Å². The van der Waals surface area contributed by atoms with Crippen LogP contribution >= 0.6 is 11.6 Å². The van der Waals surface area contributed by atoms with Crippen LogP contribution in [-0.4, -0.2) is 25.1 Å². The van der Waals surface area contributed by atoms with E-state index in [0.717, 1.165) is 5.56 Å². The van der Waals surface area contributed by atoms with Crippen LogP contribution in [0.5, 0.6) is 11.5 Å². The van der Waals surface area contributed by atoms with Gasteiger partial charge in [-0.1, -0.05) is 17.7 Å². The number of aromatic nitrogens is 1. The highest BCUT2D eigenvalue weighted by atomic mass is 35.5. The Morgan fingerprint density at radius 2 is 2.05 bits per heavy atom. The Balaban J connectivity index is 2.10. The molecule has 110 valence electrons. The summed E-state index contributed by atoms with van der Waals surface area (Å²) in [6, 6.07) is 10.3. The highest BCUT2D eigenvalue weighted by Crippen LogP contribution is 2.23. The number of halogens is 1. The summed E-state index contributed by atoms with van der Waals surface area (Å²) < 4.78 is 10.4. The van der Waals surface area contributed by atoms with Crippen molar-refractivity contribution in [1.82, 2.24) is 10.3 Å². The Bertz CT molecular complexity index is 647. The number of benzene rings is 1. The van der Waals surface area contributed by atoms with Crippen molar-refractivity contribution in [2.75, 3.05) is 14.2 Å². The zero-order chi connectivity index (χ0) is 15.2. The normalized spacial score (nSPS) is 10.0. The molecule has 1 heterocycles. The number of hydrogen-bond donors (Lipinski definition) is 1. The molecular weight excluding hydrogens is 292 g/mol. The van der Waals surface area contributed by atoms with Gasteiger partial charge >= 0.3 is 0 Å². The van der Waals surface area contributed by atoms with E-state index in [0.29, 0.717) is 18.0 Å². The maximum Gasteiger partial charge on any atom is 0.270 e. The van der Waals surface area contributed by atoms with Crippen LogP contribution < -0.4 is 14.8 Å². The van der Waals surface area contributed by atoms with Crippen LogP contribution in [0.15, 0.2) is 36.4 Å². The summed E-state index contributed by atoms with van der Waals surface area (Å²) in [6.45, 7) is 0.299. The molecule has 1 amide bonds. The second kappa shape index (κ2) is 6.95. The number of pyridine rings is 1. The van der Waals surface area contributed by atoms with Crippen LogP contribution in [0.2, 0.25) is 5.15 Å². The van der Waals surface area contributed by atoms with Crippen molar-refractivity contribution in [1.29, 1.82) is 0 Å². The van der Waals surface area contributed by atoms with E-state index >= 15 is 0 Å². The maximum atomic E-state index is 12.0. The zero-order valence-electron chi connectivity index (χ0n) is 11.7. The lowest BCUT2D eigenvalue weighted by Crippen LogP contribution is -2.24. The fraction of sp³-hybridized carbons (Fsp3) is 0.200. The minimum absolute atomic E-state index is 0.268. The molecule has 1 aromatic carbocycles. The summed E-state index contributed by atoms with van der Waals surface area (Å²) in [5, 5.41) is 3.05. The topological polar surface area (TPSA) is 60.5 Å². The molecule has 0 saturated carbocycles. The fourth-order valence-electron chi connectivity index (χ4n) is 1.82. The first-order valence-electron chi connectivity index (χ1n) is 6.25. The van der Waals surface area contributed by atoms with Crippen LogP contribution in [0.1, 0.15) is 16.1 Å². The smallest absolute Gasteiger partial charge is 0.270 e. The molecule has 0 saturated heterocycles. The average Bonchev–Trinajstić information content (AvgIpc) is 2.52. The van der Waals surface area contributed by atoms with E-state index in [1.54, 1.807) is 44.6 Å². The van der Waals surface area contributed by atoms with Crippen LogP contribution in [0.3, 0.4) is 0 Å². The van der Waals surface area contributed by atoms with Crippen molar-refractivity contribution >= 4 is 17.5 Å². The van der Waals surface area contributed by atoms with E-state index in [1.807, 2.05) is 6.07 Å². The summed E-state index contributed by atoms with van der Waals surface area (Å²) >= 11 is 5.77. The molecule has 6 heteroatoms. The van der Waals surface area contributed by atoms with Gasteiger partial charge in [-0.3, -0.25) is 4.79 Å². The Labute approximate surface area is 127 Å². The van der Waals surface area contributed by atoms with E-state index in [4.69, 9.17) is 21.1 Å². The summed E-state index contributed by atoms with van der Waals surface area (Å²) in [5.41, 5.74) is 1.08. The third-order valence-corrected chi connectivity index (χ3v) is 3.09. The van der Waals surface area contributed by atoms with Gasteiger partial charge in [0.2, 0.25) is 0 Å². The number of methoxy groups -OCH3 is 2. The van der Waals surface area contributed by atoms with Gasteiger partial charge in [-0.15, -0.1) is 0 Å². The summed E-state index contributed by atoms with van der Waals surface area (Å²) in [4.78, 5) is 16.0. The number of hydrogen-bond acceptors (Lipinski definition) is 4. The Hall–Kier alpha value is -2.27. The van der Waals surface area contributed by atoms with Crippen molar-refractivity contribution in [3.63, 3.8) is 0 Å². The van der Waals surface area contributed by atoms with Gasteiger partial charge in [0.15, 0.2) is 0 Å². The number of nitrogens with zero attached hydrogens (tertiary/aromatic N) is 1. The van der Waals surface area contributed by atoms with Crippen molar-refractivity contribution in [3.8, 4) is 11.5 Å². The molecule has 0 aliphatic rings. The molecule has 0 radical (unpaired) electrons. The van der Waals surface area contributed by atoms with Gasteiger partial charge in [-0.05, 0) is 30.3 Å². The number of nitrogens with one attached hydrogen (secondary N) is 1. The quantitative estimate of drug-likeness (QED) is 0.863. The van der Waals surface area contributed by atoms with Crippen LogP contribution in [0.4, 0.5) is 0 Å². The van der Waals surface area contributed by atoms with Crippen molar-refractivity contribution in [3.05, 3.63) is 52.8 Å². The first-order valence-corrected chi connectivity index (χ1v) is 6.63. The second-order valence-corrected chi connectivity index (χ2v) is 4.59. The predicted octanol–water partition coefficient (Wildman–Crippen LogP) is 2.68. The SMILES string of the molecule is COc1ccc(OC)c(CNC(=O)c2cccc(Cl)n2)c1. The van der Waals surface area contributed by atoms with Gasteiger partial charge in [0.25, 0.3) is 5.91 Å². The average molecular weight is 307 g/mol. The summed E-state index contributed by atoms with van der Waals surface area (Å²) in [7, 11) is 3.16. The lowest BCUT2D eigenvalue weighted by atomic mass is 10.2. The lowest BCUT2D eigenvalue weighted by Gasteiger charge is -2.11. The molecule has 0 atom stereocenters. The third-order valence-electron chi connectivity index (χ3n) is 2.87. The lowest BCUT2D eigenvalue weighted by molar-refractivity contribution is 0.0945. The van der Waals surface area contributed by atoms with Gasteiger partial charge in [-0.25, -0.2) is 4.98 Å². The van der Waals surface area contributed by atoms with Crippen LogP contribution in [0.25, 0.3) is 0 Å². The number of amides is 1. The number of carbonyl (C=O) groups excluding carboxylic acids is 1. The molecule has 0 aliphatic carbocycles. The van der Waals surface area contributed by atoms with Gasteiger partial charge in [0.1, 0.15) is 22.3 Å². The molecule has 5 nitrogen and oxygen atoms in total. The largest absolute Gasteiger partial charge is 0.497 e. The highest BCUT2D eigenvalue weighted by molar-refractivity contribution is 6.29. The molecule has 0 aliphatic heterocycles. The molecule has 1 aromatic heterocycles. The van der Waals surface area contributed by atoms with E-state index in [-0.39, 0.29) is 16.8 Å². The van der Waals surface area contributed by atoms with Crippen molar-refractivity contribution in [2.45, 2.75) is 6.54 Å². The Kier molecular flexibility index (Phi) is 5.00. The zero-order valence-corrected chi connectivity index (χ0v) is 12.5. The standard InChI is InChI=1S/C15H15ClN2O3/c1-20-11-6-7-13(21-2)10(8-11)9-17-15(19)12-4-3-5-14(16)18-12/h3-8H,9H2,1-2H3,(H,17,19). The molecule has 0 spiro atoms. The minimum Gasteiger partial charge on any atom is -0.497 e. The molecule has 21 heavy (non-hydrogen) atoms. The minimum atomic E-state index is -0.303. The van der Waals surface area contributed by atoms with Gasteiger partial charge in [0.05, 0.1) is 14.2 Å². The van der Waals surface area contributed by atoms with Crippen molar-refractivity contribution < 1.29 is 14.3 Å². The van der Waals surface area contributed by atoms with E-state index in [1.165, 1.54) is 0 Å². The van der Waals surface area contributed by atoms with Gasteiger partial charge in [-0.2, -0.15) is 0 Å². The number of rotatable bonds is 5. The van der Waals surface area contributed by atoms with Gasteiger partial charge < -0.3 is 14.8 Å². The molecule has 2 rings (SSSR count). The fourth-order valence-corrected chi connectivity index (χ4v) is 1.98. The van der Waals surface area contributed by atoms with Crippen LogP contribution in [0, 0.1) is 0 Å². The third kappa shape index (κ3) is 3.86. The Morgan fingerprint density at radius 3 is 2.71 bits per heavy atom.